The highest BCUT2D eigenvalue weighted by Crippen LogP contribution is 2.18. The molecule has 0 heterocycles. The lowest BCUT2D eigenvalue weighted by atomic mass is 10.1. The average molecular weight is 389 g/mol. The number of hydrogen-bond acceptors (Lipinski definition) is 2. The van der Waals surface area contributed by atoms with Crippen molar-refractivity contribution in [1.29, 1.82) is 0 Å². The second kappa shape index (κ2) is 16.8. The summed E-state index contributed by atoms with van der Waals surface area (Å²) in [6.07, 6.45) is 11.2. The number of aliphatic hydroxyl groups excluding tert-OH is 2. The number of nitrogens with zero attached hydrogens (tertiary/aromatic N) is 2. The quantitative estimate of drug-likeness (QED) is 0.307. The minimum absolute atomic E-state index is 0.301. The van der Waals surface area contributed by atoms with Gasteiger partial charge in [-0.2, -0.15) is 0 Å². The molecule has 2 N–H and O–H groups in total. The predicted octanol–water partition coefficient (Wildman–Crippen LogP) is 4.20. The van der Waals surface area contributed by atoms with Crippen molar-refractivity contribution < 1.29 is 19.2 Å². The second-order valence-electron chi connectivity index (χ2n) is 8.69. The highest BCUT2D eigenvalue weighted by atomic mass is 16.3. The van der Waals surface area contributed by atoms with Crippen molar-refractivity contribution in [3.05, 3.63) is 0 Å². The fraction of sp³-hybridized carbons (Fsp3) is 1.00. The van der Waals surface area contributed by atoms with E-state index in [-0.39, 0.29) is 0 Å². The number of unbranched alkanes of at least 4 members (excludes halogenated alkanes) is 4. The van der Waals surface area contributed by atoms with Crippen LogP contribution in [0.3, 0.4) is 0 Å². The Hall–Kier alpha value is -0.160. The molecule has 0 atom stereocenters. The summed E-state index contributed by atoms with van der Waals surface area (Å²) in [5.41, 5.74) is 0. The first kappa shape index (κ1) is 26.8. The maximum absolute atomic E-state index is 9.72. The van der Waals surface area contributed by atoms with Crippen LogP contribution in [-0.4, -0.2) is 84.8 Å². The van der Waals surface area contributed by atoms with Gasteiger partial charge in [-0.3, -0.25) is 0 Å². The van der Waals surface area contributed by atoms with E-state index in [4.69, 9.17) is 0 Å². The molecule has 0 aromatic heterocycles. The van der Waals surface area contributed by atoms with Gasteiger partial charge in [0.15, 0.2) is 0 Å². The Morgan fingerprint density at radius 2 is 0.667 bits per heavy atom. The molecule has 0 saturated heterocycles. The topological polar surface area (TPSA) is 40.5 Å². The molecule has 0 radical (unpaired) electrons. The Morgan fingerprint density at radius 1 is 0.407 bits per heavy atom. The molecule has 0 aliphatic rings. The van der Waals surface area contributed by atoms with Crippen LogP contribution in [0.1, 0.15) is 85.5 Å². The van der Waals surface area contributed by atoms with E-state index in [2.05, 4.69) is 27.7 Å². The first-order valence-electron chi connectivity index (χ1n) is 12.0. The highest BCUT2D eigenvalue weighted by Gasteiger charge is 2.30. The van der Waals surface area contributed by atoms with Crippen LogP contribution in [0.25, 0.3) is 0 Å². The number of rotatable bonds is 20. The lowest BCUT2D eigenvalue weighted by molar-refractivity contribution is -0.946. The van der Waals surface area contributed by atoms with E-state index in [1.165, 1.54) is 97.1 Å². The van der Waals surface area contributed by atoms with Crippen molar-refractivity contribution >= 4 is 0 Å². The minimum Gasteiger partial charge on any atom is -0.391 e. The van der Waals surface area contributed by atoms with Gasteiger partial charge in [-0.05, 0) is 25.7 Å². The Kier molecular flexibility index (Phi) is 16.7. The van der Waals surface area contributed by atoms with Crippen LogP contribution in [0.4, 0.5) is 0 Å². The Morgan fingerprint density at radius 3 is 0.889 bits per heavy atom. The molecule has 0 fully saturated rings. The van der Waals surface area contributed by atoms with Gasteiger partial charge in [0.25, 0.3) is 0 Å². The van der Waals surface area contributed by atoms with Gasteiger partial charge in [-0.1, -0.05) is 53.4 Å². The zero-order valence-corrected chi connectivity index (χ0v) is 19.2. The minimum atomic E-state index is 0.301. The van der Waals surface area contributed by atoms with Crippen molar-refractivity contribution in [2.24, 2.45) is 0 Å². The van der Waals surface area contributed by atoms with Crippen molar-refractivity contribution in [1.82, 2.24) is 0 Å². The van der Waals surface area contributed by atoms with Crippen molar-refractivity contribution in [3.8, 4) is 0 Å². The molecule has 0 aromatic carbocycles. The lowest BCUT2D eigenvalue weighted by Crippen LogP contribution is -2.55. The molecule has 164 valence electrons. The van der Waals surface area contributed by atoms with Gasteiger partial charge in [-0.15, -0.1) is 0 Å². The summed E-state index contributed by atoms with van der Waals surface area (Å²) in [6.45, 7) is 18.7. The normalized spacial score (nSPS) is 12.7. The van der Waals surface area contributed by atoms with E-state index in [9.17, 15) is 10.2 Å². The number of aliphatic hydroxyl groups is 2. The molecular formula is C23H52N2O2+2. The SMILES string of the molecule is CCCC[N+](CCO)(CCCC)CCC[N+](CCO)(CCCC)CCCC. The fourth-order valence-corrected chi connectivity index (χ4v) is 4.48. The lowest BCUT2D eigenvalue weighted by Gasteiger charge is -2.42. The van der Waals surface area contributed by atoms with E-state index in [1.54, 1.807) is 0 Å². The molecule has 0 rings (SSSR count). The zero-order chi connectivity index (χ0) is 20.4. The first-order valence-corrected chi connectivity index (χ1v) is 12.0. The molecular weight excluding hydrogens is 336 g/mol. The number of quaternary nitrogens is 2. The largest absolute Gasteiger partial charge is 0.391 e. The van der Waals surface area contributed by atoms with E-state index in [1.807, 2.05) is 0 Å². The van der Waals surface area contributed by atoms with Crippen LogP contribution in [0.2, 0.25) is 0 Å². The molecule has 0 aromatic rings. The van der Waals surface area contributed by atoms with Gasteiger partial charge in [0.05, 0.1) is 52.5 Å². The average Bonchev–Trinajstić information content (AvgIpc) is 2.67. The van der Waals surface area contributed by atoms with Crippen molar-refractivity contribution in [3.63, 3.8) is 0 Å². The third-order valence-corrected chi connectivity index (χ3v) is 6.36. The summed E-state index contributed by atoms with van der Waals surface area (Å²) >= 11 is 0. The Labute approximate surface area is 170 Å². The van der Waals surface area contributed by atoms with Gasteiger partial charge in [0.1, 0.15) is 13.1 Å². The van der Waals surface area contributed by atoms with Crippen LogP contribution in [0.15, 0.2) is 0 Å². The van der Waals surface area contributed by atoms with Crippen molar-refractivity contribution in [2.75, 3.05) is 65.6 Å². The van der Waals surface area contributed by atoms with Gasteiger partial charge in [-0.25, -0.2) is 0 Å². The van der Waals surface area contributed by atoms with Crippen LogP contribution < -0.4 is 0 Å². The van der Waals surface area contributed by atoms with Gasteiger partial charge < -0.3 is 19.2 Å². The van der Waals surface area contributed by atoms with Crippen LogP contribution in [0.5, 0.6) is 0 Å². The Balaban J connectivity index is 5.06. The molecule has 0 bridgehead atoms. The standard InChI is InChI=1S/C23H52N2O2/c1-5-9-14-24(20-22-26,15-10-6-2)18-13-19-25(21-23-27,16-11-7-3)17-12-8-4/h26-27H,5-23H2,1-4H3/q+2. The smallest absolute Gasteiger partial charge is 0.102 e. The fourth-order valence-electron chi connectivity index (χ4n) is 4.48. The van der Waals surface area contributed by atoms with Crippen LogP contribution in [-0.2, 0) is 0 Å². The van der Waals surface area contributed by atoms with E-state index < -0.39 is 0 Å². The van der Waals surface area contributed by atoms with Gasteiger partial charge >= 0.3 is 0 Å². The van der Waals surface area contributed by atoms with Crippen LogP contribution in [0, 0.1) is 0 Å². The van der Waals surface area contributed by atoms with Gasteiger partial charge in [0.2, 0.25) is 0 Å². The molecule has 0 aliphatic heterocycles. The summed E-state index contributed by atoms with van der Waals surface area (Å²) < 4.78 is 2.19. The maximum atomic E-state index is 9.72. The van der Waals surface area contributed by atoms with E-state index in [0.717, 1.165) is 22.1 Å². The molecule has 0 saturated carbocycles. The summed E-state index contributed by atoms with van der Waals surface area (Å²) in [4.78, 5) is 0. The number of hydrogen-bond donors (Lipinski definition) is 2. The molecule has 0 unspecified atom stereocenters. The maximum Gasteiger partial charge on any atom is 0.102 e. The molecule has 4 heteroatoms. The van der Waals surface area contributed by atoms with Crippen molar-refractivity contribution in [2.45, 2.75) is 85.5 Å². The second-order valence-corrected chi connectivity index (χ2v) is 8.69. The Bertz CT molecular complexity index is 278. The zero-order valence-electron chi connectivity index (χ0n) is 19.2. The highest BCUT2D eigenvalue weighted by molar-refractivity contribution is 4.52. The molecule has 4 nitrogen and oxygen atoms in total. The summed E-state index contributed by atoms with van der Waals surface area (Å²) in [6, 6.07) is 0. The van der Waals surface area contributed by atoms with E-state index in [0.29, 0.717) is 13.2 Å². The monoisotopic (exact) mass is 388 g/mol. The summed E-state index contributed by atoms with van der Waals surface area (Å²) in [5, 5.41) is 19.4. The van der Waals surface area contributed by atoms with E-state index >= 15 is 0 Å². The van der Waals surface area contributed by atoms with Gasteiger partial charge in [0, 0.05) is 6.42 Å². The summed E-state index contributed by atoms with van der Waals surface area (Å²) in [7, 11) is 0. The third kappa shape index (κ3) is 11.4. The molecule has 27 heavy (non-hydrogen) atoms. The molecule has 0 spiro atoms. The molecule has 0 amide bonds. The third-order valence-electron chi connectivity index (χ3n) is 6.36. The predicted molar refractivity (Wildman–Crippen MR) is 118 cm³/mol. The van der Waals surface area contributed by atoms with Crippen LogP contribution >= 0.6 is 0 Å². The first-order chi connectivity index (χ1) is 13.1. The molecule has 0 aliphatic carbocycles. The summed E-state index contributed by atoms with van der Waals surface area (Å²) in [5.74, 6) is 0.